The molecule has 0 aromatic rings. The van der Waals surface area contributed by atoms with Crippen molar-refractivity contribution in [2.45, 2.75) is 183 Å². The van der Waals surface area contributed by atoms with E-state index in [1.807, 2.05) is 0 Å². The van der Waals surface area contributed by atoms with Crippen molar-refractivity contribution in [2.24, 2.45) is 11.8 Å². The summed E-state index contributed by atoms with van der Waals surface area (Å²) in [4.78, 5) is 27.2. The van der Waals surface area contributed by atoms with Gasteiger partial charge >= 0.3 is 11.9 Å². The molecule has 0 saturated heterocycles. The maximum atomic E-state index is 13.6. The molecule has 2 atom stereocenters. The zero-order valence-electron chi connectivity index (χ0n) is 27.8. The number of carbonyl (C=O) groups excluding carboxylic acids is 2. The largest absolute Gasteiger partial charge is 0.462 e. The minimum absolute atomic E-state index is 0.277. The summed E-state index contributed by atoms with van der Waals surface area (Å²) in [6, 6.07) is 0. The highest BCUT2D eigenvalue weighted by Crippen LogP contribution is 2.30. The van der Waals surface area contributed by atoms with E-state index in [1.54, 1.807) is 0 Å². The molecule has 0 N–H and O–H groups in total. The smallest absolute Gasteiger partial charge is 0.334 e. The van der Waals surface area contributed by atoms with Gasteiger partial charge in [-0.3, -0.25) is 0 Å². The Morgan fingerprint density at radius 1 is 0.450 bits per heavy atom. The predicted molar refractivity (Wildman–Crippen MR) is 172 cm³/mol. The molecule has 0 spiro atoms. The van der Waals surface area contributed by atoms with E-state index in [9.17, 15) is 9.59 Å². The molecule has 0 aliphatic carbocycles. The highest BCUT2D eigenvalue weighted by molar-refractivity contribution is 6.00. The van der Waals surface area contributed by atoms with Crippen LogP contribution in [-0.2, 0) is 19.1 Å². The number of carbonyl (C=O) groups is 2. The molecule has 0 aliphatic rings. The second-order valence-corrected chi connectivity index (χ2v) is 12.0. The van der Waals surface area contributed by atoms with Crippen molar-refractivity contribution < 1.29 is 19.1 Å². The van der Waals surface area contributed by atoms with Crippen molar-refractivity contribution in [3.05, 3.63) is 11.1 Å². The summed E-state index contributed by atoms with van der Waals surface area (Å²) < 4.78 is 11.7. The quantitative estimate of drug-likeness (QED) is 0.0538. The van der Waals surface area contributed by atoms with Crippen LogP contribution in [0.5, 0.6) is 0 Å². The van der Waals surface area contributed by atoms with E-state index in [0.29, 0.717) is 49.0 Å². The minimum atomic E-state index is -0.277. The average molecular weight is 565 g/mol. The Hall–Kier alpha value is -1.32. The Balaban J connectivity index is 5.79. The van der Waals surface area contributed by atoms with Crippen molar-refractivity contribution in [3.63, 3.8) is 0 Å². The van der Waals surface area contributed by atoms with Crippen LogP contribution >= 0.6 is 0 Å². The van der Waals surface area contributed by atoms with E-state index in [-0.39, 0.29) is 11.9 Å². The molecule has 40 heavy (non-hydrogen) atoms. The topological polar surface area (TPSA) is 52.6 Å². The Morgan fingerprint density at radius 2 is 0.775 bits per heavy atom. The fraction of sp³-hybridized carbons (Fsp3) is 0.889. The summed E-state index contributed by atoms with van der Waals surface area (Å²) in [5.74, 6) is 0.211. The number of unbranched alkanes of at least 4 members (excludes halogenated alkanes) is 12. The molecule has 236 valence electrons. The van der Waals surface area contributed by atoms with Gasteiger partial charge in [-0.25, -0.2) is 9.59 Å². The van der Waals surface area contributed by atoms with Crippen molar-refractivity contribution in [1.29, 1.82) is 0 Å². The fourth-order valence-electron chi connectivity index (χ4n) is 5.39. The second-order valence-electron chi connectivity index (χ2n) is 12.0. The lowest BCUT2D eigenvalue weighted by Gasteiger charge is -2.22. The lowest BCUT2D eigenvalue weighted by molar-refractivity contribution is -0.143. The van der Waals surface area contributed by atoms with Crippen molar-refractivity contribution in [2.75, 3.05) is 13.2 Å². The molecule has 0 amide bonds. The van der Waals surface area contributed by atoms with Gasteiger partial charge in [0.25, 0.3) is 0 Å². The Kier molecular flexibility index (Phi) is 26.9. The van der Waals surface area contributed by atoms with E-state index in [0.717, 1.165) is 77.0 Å². The molecular weight excluding hydrogens is 496 g/mol. The summed E-state index contributed by atoms with van der Waals surface area (Å²) in [7, 11) is 0. The molecule has 0 aliphatic heterocycles. The number of hydrogen-bond acceptors (Lipinski definition) is 4. The predicted octanol–water partition coefficient (Wildman–Crippen LogP) is 11.3. The molecule has 0 heterocycles. The molecule has 0 fully saturated rings. The summed E-state index contributed by atoms with van der Waals surface area (Å²) in [6.07, 6.45) is 23.8. The first-order valence-corrected chi connectivity index (χ1v) is 17.5. The fourth-order valence-corrected chi connectivity index (χ4v) is 5.39. The zero-order valence-corrected chi connectivity index (χ0v) is 27.8. The Bertz CT molecular complexity index is 585. The van der Waals surface area contributed by atoms with Crippen LogP contribution in [0, 0.1) is 11.8 Å². The number of esters is 2. The van der Waals surface area contributed by atoms with Crippen molar-refractivity contribution >= 4 is 11.9 Å². The van der Waals surface area contributed by atoms with Crippen molar-refractivity contribution in [1.82, 2.24) is 0 Å². The van der Waals surface area contributed by atoms with Gasteiger partial charge in [0, 0.05) is 11.1 Å². The van der Waals surface area contributed by atoms with Gasteiger partial charge in [0.1, 0.15) is 0 Å². The third kappa shape index (κ3) is 19.7. The third-order valence-electron chi connectivity index (χ3n) is 8.39. The number of ether oxygens (including phenoxy) is 2. The highest BCUT2D eigenvalue weighted by Gasteiger charge is 2.27. The zero-order chi connectivity index (χ0) is 29.8. The van der Waals surface area contributed by atoms with E-state index >= 15 is 0 Å². The van der Waals surface area contributed by atoms with Crippen LogP contribution in [0.3, 0.4) is 0 Å². The molecule has 4 nitrogen and oxygen atoms in total. The van der Waals surface area contributed by atoms with Gasteiger partial charge in [-0.15, -0.1) is 0 Å². The van der Waals surface area contributed by atoms with Gasteiger partial charge in [0.2, 0.25) is 0 Å². The SMILES string of the molecule is CCCCCCCCOC(=O)/C(CC(CC)CCCC)=C(/CC(CC)CCCC)C(=O)OCCCCCCCC. The molecule has 4 heteroatoms. The molecule has 2 unspecified atom stereocenters. The van der Waals surface area contributed by atoms with Gasteiger partial charge < -0.3 is 9.47 Å². The normalized spacial score (nSPS) is 13.6. The Morgan fingerprint density at radius 3 is 1.10 bits per heavy atom. The second kappa shape index (κ2) is 27.8. The van der Waals surface area contributed by atoms with Gasteiger partial charge in [-0.1, -0.05) is 157 Å². The Labute approximate surface area is 249 Å². The van der Waals surface area contributed by atoms with Gasteiger partial charge in [-0.05, 0) is 37.5 Å². The first-order chi connectivity index (χ1) is 19.5. The van der Waals surface area contributed by atoms with Crippen LogP contribution in [0.4, 0.5) is 0 Å². The molecule has 0 aromatic carbocycles. The maximum Gasteiger partial charge on any atom is 0.334 e. The number of rotatable bonds is 28. The van der Waals surface area contributed by atoms with E-state index in [4.69, 9.17) is 9.47 Å². The molecule has 0 radical (unpaired) electrons. The van der Waals surface area contributed by atoms with Crippen LogP contribution in [0.25, 0.3) is 0 Å². The van der Waals surface area contributed by atoms with E-state index < -0.39 is 0 Å². The molecule has 0 bridgehead atoms. The summed E-state index contributed by atoms with van der Waals surface area (Å²) in [6.45, 7) is 14.1. The van der Waals surface area contributed by atoms with Crippen molar-refractivity contribution in [3.8, 4) is 0 Å². The van der Waals surface area contributed by atoms with Crippen LogP contribution < -0.4 is 0 Å². The summed E-state index contributed by atoms with van der Waals surface area (Å²) in [5, 5.41) is 0. The van der Waals surface area contributed by atoms with Crippen LogP contribution in [-0.4, -0.2) is 25.2 Å². The van der Waals surface area contributed by atoms with Gasteiger partial charge in [-0.2, -0.15) is 0 Å². The third-order valence-corrected chi connectivity index (χ3v) is 8.39. The van der Waals surface area contributed by atoms with E-state index in [2.05, 4.69) is 41.5 Å². The molecule has 0 rings (SSSR count). The summed E-state index contributed by atoms with van der Waals surface area (Å²) >= 11 is 0. The maximum absolute atomic E-state index is 13.6. The molecular formula is C36H68O4. The highest BCUT2D eigenvalue weighted by atomic mass is 16.5. The average Bonchev–Trinajstić information content (AvgIpc) is 2.96. The van der Waals surface area contributed by atoms with Crippen LogP contribution in [0.15, 0.2) is 11.1 Å². The van der Waals surface area contributed by atoms with Crippen LogP contribution in [0.1, 0.15) is 183 Å². The first kappa shape index (κ1) is 38.7. The van der Waals surface area contributed by atoms with Crippen LogP contribution in [0.2, 0.25) is 0 Å². The summed E-state index contributed by atoms with van der Waals surface area (Å²) in [5.41, 5.74) is 1.22. The van der Waals surface area contributed by atoms with Gasteiger partial charge in [0.05, 0.1) is 13.2 Å². The van der Waals surface area contributed by atoms with Gasteiger partial charge in [0.15, 0.2) is 0 Å². The first-order valence-electron chi connectivity index (χ1n) is 17.5. The lowest BCUT2D eigenvalue weighted by atomic mass is 9.85. The standard InChI is InChI=1S/C36H68O4/c1-7-13-17-19-21-23-27-39-35(37)33(29-31(11-5)25-15-9-3)34(30-32(12-6)26-16-10-4)36(38)40-28-24-22-20-18-14-8-2/h31-32H,7-30H2,1-6H3/b34-33-. The minimum Gasteiger partial charge on any atom is -0.462 e. The lowest BCUT2D eigenvalue weighted by Crippen LogP contribution is -2.21. The molecule has 0 saturated carbocycles. The number of hydrogen-bond donors (Lipinski definition) is 0. The van der Waals surface area contributed by atoms with E-state index in [1.165, 1.54) is 51.4 Å². The molecule has 0 aromatic heterocycles. The monoisotopic (exact) mass is 565 g/mol.